The average Bonchev–Trinajstić information content (AvgIpc) is 2.54. The molecule has 2 amide bonds. The molecule has 1 saturated heterocycles. The second-order valence-electron chi connectivity index (χ2n) is 6.15. The van der Waals surface area contributed by atoms with Gasteiger partial charge >= 0.3 is 0 Å². The Kier molecular flexibility index (Phi) is 6.75. The van der Waals surface area contributed by atoms with Gasteiger partial charge in [-0.3, -0.25) is 14.5 Å². The number of hydrogen-bond acceptors (Lipinski definition) is 4. The summed E-state index contributed by atoms with van der Waals surface area (Å²) in [5.74, 6) is -0.267. The van der Waals surface area contributed by atoms with Crippen molar-refractivity contribution in [2.75, 3.05) is 50.8 Å². The molecule has 1 aliphatic heterocycles. The summed E-state index contributed by atoms with van der Waals surface area (Å²) in [6.45, 7) is 10.1. The average molecular weight is 333 g/mol. The highest BCUT2D eigenvalue weighted by atomic mass is 16.5. The monoisotopic (exact) mass is 333 g/mol. The predicted molar refractivity (Wildman–Crippen MR) is 94.2 cm³/mol. The first kappa shape index (κ1) is 18.4. The van der Waals surface area contributed by atoms with E-state index in [9.17, 15) is 9.59 Å². The maximum absolute atomic E-state index is 12.2. The summed E-state index contributed by atoms with van der Waals surface area (Å²) in [4.78, 5) is 28.1. The fraction of sp³-hybridized carbons (Fsp3) is 0.556. The van der Waals surface area contributed by atoms with E-state index in [1.54, 1.807) is 4.90 Å². The van der Waals surface area contributed by atoms with Gasteiger partial charge in [0.25, 0.3) is 0 Å². The van der Waals surface area contributed by atoms with Crippen molar-refractivity contribution in [3.8, 4) is 0 Å². The van der Waals surface area contributed by atoms with Crippen LogP contribution in [-0.4, -0.2) is 62.7 Å². The lowest BCUT2D eigenvalue weighted by atomic mass is 10.1. The molecule has 6 nitrogen and oxygen atoms in total. The van der Waals surface area contributed by atoms with E-state index in [4.69, 9.17) is 4.74 Å². The van der Waals surface area contributed by atoms with Crippen molar-refractivity contribution >= 4 is 17.5 Å². The molecule has 6 heteroatoms. The number of rotatable bonds is 6. The molecule has 1 N–H and O–H groups in total. The summed E-state index contributed by atoms with van der Waals surface area (Å²) >= 11 is 0. The van der Waals surface area contributed by atoms with Gasteiger partial charge in [-0.2, -0.15) is 0 Å². The standard InChI is InChI=1S/C18H27N3O3/c1-14-5-4-6-15(2)18(14)21(16(3)22)13-17(23)19-7-8-20-9-11-24-12-10-20/h4-6H,7-13H2,1-3H3,(H,19,23). The highest BCUT2D eigenvalue weighted by Crippen LogP contribution is 2.24. The van der Waals surface area contributed by atoms with E-state index in [0.29, 0.717) is 6.54 Å². The van der Waals surface area contributed by atoms with Crippen LogP contribution in [-0.2, 0) is 14.3 Å². The summed E-state index contributed by atoms with van der Waals surface area (Å²) in [5.41, 5.74) is 2.81. The van der Waals surface area contributed by atoms with Crippen LogP contribution >= 0.6 is 0 Å². The van der Waals surface area contributed by atoms with E-state index in [1.165, 1.54) is 6.92 Å². The van der Waals surface area contributed by atoms with Gasteiger partial charge in [0.2, 0.25) is 11.8 Å². The number of hydrogen-bond donors (Lipinski definition) is 1. The van der Waals surface area contributed by atoms with Crippen LogP contribution in [0.3, 0.4) is 0 Å². The lowest BCUT2D eigenvalue weighted by molar-refractivity contribution is -0.123. The Morgan fingerprint density at radius 2 is 1.83 bits per heavy atom. The van der Waals surface area contributed by atoms with Crippen molar-refractivity contribution in [2.24, 2.45) is 0 Å². The Balaban J connectivity index is 1.90. The molecule has 0 aromatic heterocycles. The van der Waals surface area contributed by atoms with E-state index >= 15 is 0 Å². The minimum absolute atomic E-state index is 0.0458. The molecule has 0 unspecified atom stereocenters. The maximum Gasteiger partial charge on any atom is 0.240 e. The molecule has 0 aliphatic carbocycles. The third-order valence-corrected chi connectivity index (χ3v) is 4.25. The predicted octanol–water partition coefficient (Wildman–Crippen LogP) is 1.10. The van der Waals surface area contributed by atoms with Gasteiger partial charge in [-0.1, -0.05) is 18.2 Å². The highest BCUT2D eigenvalue weighted by Gasteiger charge is 2.19. The topological polar surface area (TPSA) is 61.9 Å². The van der Waals surface area contributed by atoms with Crippen molar-refractivity contribution in [3.63, 3.8) is 0 Å². The van der Waals surface area contributed by atoms with Gasteiger partial charge in [0.15, 0.2) is 0 Å². The lowest BCUT2D eigenvalue weighted by Gasteiger charge is -2.27. The Hall–Kier alpha value is -1.92. The SMILES string of the molecule is CC(=O)N(CC(=O)NCCN1CCOCC1)c1c(C)cccc1C. The van der Waals surface area contributed by atoms with Crippen LogP contribution in [0.25, 0.3) is 0 Å². The number of anilines is 1. The Labute approximate surface area is 143 Å². The fourth-order valence-electron chi connectivity index (χ4n) is 2.96. The zero-order valence-electron chi connectivity index (χ0n) is 14.8. The molecule has 1 aromatic rings. The van der Waals surface area contributed by atoms with Gasteiger partial charge in [0.05, 0.1) is 18.9 Å². The Morgan fingerprint density at radius 1 is 1.21 bits per heavy atom. The number of morpholine rings is 1. The number of benzene rings is 1. The molecule has 0 atom stereocenters. The van der Waals surface area contributed by atoms with E-state index in [2.05, 4.69) is 10.2 Å². The molecule has 0 radical (unpaired) electrons. The first-order valence-corrected chi connectivity index (χ1v) is 8.40. The van der Waals surface area contributed by atoms with Crippen LogP contribution in [0.4, 0.5) is 5.69 Å². The number of carbonyl (C=O) groups excluding carboxylic acids is 2. The third-order valence-electron chi connectivity index (χ3n) is 4.25. The van der Waals surface area contributed by atoms with Gasteiger partial charge in [-0.05, 0) is 25.0 Å². The number of amides is 2. The smallest absolute Gasteiger partial charge is 0.240 e. The van der Waals surface area contributed by atoms with Crippen molar-refractivity contribution in [3.05, 3.63) is 29.3 Å². The van der Waals surface area contributed by atoms with Crippen molar-refractivity contribution in [2.45, 2.75) is 20.8 Å². The molecule has 132 valence electrons. The van der Waals surface area contributed by atoms with Crippen LogP contribution in [0.2, 0.25) is 0 Å². The molecule has 1 aliphatic rings. The summed E-state index contributed by atoms with van der Waals surface area (Å²) in [5, 5.41) is 2.91. The Morgan fingerprint density at radius 3 is 2.42 bits per heavy atom. The summed E-state index contributed by atoms with van der Waals surface area (Å²) in [7, 11) is 0. The highest BCUT2D eigenvalue weighted by molar-refractivity contribution is 5.98. The molecule has 24 heavy (non-hydrogen) atoms. The number of nitrogens with zero attached hydrogens (tertiary/aromatic N) is 2. The first-order chi connectivity index (χ1) is 11.5. The second-order valence-corrected chi connectivity index (χ2v) is 6.15. The zero-order chi connectivity index (χ0) is 17.5. The number of aryl methyl sites for hydroxylation is 2. The van der Waals surface area contributed by atoms with E-state index in [1.807, 2.05) is 32.0 Å². The fourth-order valence-corrected chi connectivity index (χ4v) is 2.96. The second kappa shape index (κ2) is 8.80. The van der Waals surface area contributed by atoms with Gasteiger partial charge < -0.3 is 15.0 Å². The normalized spacial score (nSPS) is 15.1. The van der Waals surface area contributed by atoms with Crippen LogP contribution in [0.5, 0.6) is 0 Å². The van der Waals surface area contributed by atoms with Crippen LogP contribution < -0.4 is 10.2 Å². The summed E-state index contributed by atoms with van der Waals surface area (Å²) in [6.07, 6.45) is 0. The van der Waals surface area contributed by atoms with E-state index < -0.39 is 0 Å². The molecule has 1 fully saturated rings. The maximum atomic E-state index is 12.2. The van der Waals surface area contributed by atoms with E-state index in [0.717, 1.165) is 49.7 Å². The van der Waals surface area contributed by atoms with Gasteiger partial charge in [0.1, 0.15) is 6.54 Å². The third kappa shape index (κ3) is 5.04. The lowest BCUT2D eigenvalue weighted by Crippen LogP contribution is -2.44. The van der Waals surface area contributed by atoms with Crippen molar-refractivity contribution < 1.29 is 14.3 Å². The molecular weight excluding hydrogens is 306 g/mol. The largest absolute Gasteiger partial charge is 0.379 e. The van der Waals surface area contributed by atoms with Crippen LogP contribution in [0.15, 0.2) is 18.2 Å². The van der Waals surface area contributed by atoms with Crippen LogP contribution in [0, 0.1) is 13.8 Å². The molecule has 0 bridgehead atoms. The van der Waals surface area contributed by atoms with Crippen molar-refractivity contribution in [1.82, 2.24) is 10.2 Å². The number of carbonyl (C=O) groups is 2. The minimum Gasteiger partial charge on any atom is -0.379 e. The zero-order valence-corrected chi connectivity index (χ0v) is 14.8. The summed E-state index contributed by atoms with van der Waals surface area (Å²) in [6, 6.07) is 5.86. The molecule has 1 heterocycles. The Bertz CT molecular complexity index is 563. The van der Waals surface area contributed by atoms with Crippen molar-refractivity contribution in [1.29, 1.82) is 0 Å². The summed E-state index contributed by atoms with van der Waals surface area (Å²) < 4.78 is 5.30. The molecular formula is C18H27N3O3. The first-order valence-electron chi connectivity index (χ1n) is 8.40. The quantitative estimate of drug-likeness (QED) is 0.847. The van der Waals surface area contributed by atoms with Gasteiger partial charge in [-0.15, -0.1) is 0 Å². The van der Waals surface area contributed by atoms with Crippen LogP contribution in [0.1, 0.15) is 18.1 Å². The van der Waals surface area contributed by atoms with Gasteiger partial charge in [0, 0.05) is 33.1 Å². The molecule has 1 aromatic carbocycles. The molecule has 0 saturated carbocycles. The van der Waals surface area contributed by atoms with Gasteiger partial charge in [-0.25, -0.2) is 0 Å². The number of para-hydroxylation sites is 1. The number of nitrogens with one attached hydrogen (secondary N) is 1. The number of ether oxygens (including phenoxy) is 1. The molecule has 2 rings (SSSR count). The minimum atomic E-state index is -0.138. The van der Waals surface area contributed by atoms with E-state index in [-0.39, 0.29) is 18.4 Å². The molecule has 0 spiro atoms.